The topological polar surface area (TPSA) is 3.24 Å². The fourth-order valence-corrected chi connectivity index (χ4v) is 6.66. The molecule has 2 heteroatoms. The Kier molecular flexibility index (Phi) is 5.36. The first-order valence-corrected chi connectivity index (χ1v) is 11.2. The lowest BCUT2D eigenvalue weighted by molar-refractivity contribution is 0.413. The van der Waals surface area contributed by atoms with Crippen molar-refractivity contribution < 1.29 is 0 Å². The Balaban J connectivity index is 1.82. The molecule has 2 aromatic rings. The molecule has 2 aromatic carbocycles. The van der Waals surface area contributed by atoms with Gasteiger partial charge in [-0.3, -0.25) is 0 Å². The van der Waals surface area contributed by atoms with Crippen molar-refractivity contribution in [2.45, 2.75) is 65.2 Å². The second-order valence-corrected chi connectivity index (χ2v) is 9.34. The zero-order chi connectivity index (χ0) is 19.0. The predicted octanol–water partition coefficient (Wildman–Crippen LogP) is 7.68. The molecule has 0 amide bonds. The Morgan fingerprint density at radius 3 is 2.07 bits per heavy atom. The molecule has 4 rings (SSSR count). The molecule has 0 N–H and O–H groups in total. The molecule has 0 saturated heterocycles. The van der Waals surface area contributed by atoms with E-state index in [0.29, 0.717) is 5.37 Å². The largest absolute Gasteiger partial charge is 0.327 e. The summed E-state index contributed by atoms with van der Waals surface area (Å²) < 4.78 is 0. The molecule has 0 aromatic heterocycles. The third kappa shape index (κ3) is 3.45. The van der Waals surface area contributed by atoms with Gasteiger partial charge in [-0.25, -0.2) is 0 Å². The van der Waals surface area contributed by atoms with Gasteiger partial charge in [0.15, 0.2) is 0 Å². The van der Waals surface area contributed by atoms with Gasteiger partial charge in [0.1, 0.15) is 5.37 Å². The molecule has 142 valence electrons. The Hall–Kier alpha value is -1.67. The monoisotopic (exact) mass is 377 g/mol. The highest BCUT2D eigenvalue weighted by molar-refractivity contribution is 8.03. The van der Waals surface area contributed by atoms with Crippen LogP contribution in [0.1, 0.15) is 66.7 Å². The molecule has 1 nitrogen and oxygen atoms in total. The normalized spacial score (nSPS) is 21.2. The molecular weight excluding hydrogens is 346 g/mol. The fourth-order valence-electron chi connectivity index (χ4n) is 4.85. The summed E-state index contributed by atoms with van der Waals surface area (Å²) in [6, 6.07) is 15.6. The number of nitrogens with zero attached hydrogens (tertiary/aromatic N) is 1. The van der Waals surface area contributed by atoms with E-state index in [1.54, 1.807) is 4.91 Å². The van der Waals surface area contributed by atoms with E-state index in [4.69, 9.17) is 0 Å². The molecular formula is C25H31NS. The smallest absolute Gasteiger partial charge is 0.110 e. The SMILES string of the molecule is CC1=C(C2CCCCC2)SC(c2c(C)cccc2C)N1c1ccccc1C. The van der Waals surface area contributed by atoms with E-state index in [1.807, 2.05) is 0 Å². The van der Waals surface area contributed by atoms with E-state index in [9.17, 15) is 0 Å². The second-order valence-electron chi connectivity index (χ2n) is 8.22. The number of para-hydroxylation sites is 1. The number of anilines is 1. The van der Waals surface area contributed by atoms with Crippen LogP contribution >= 0.6 is 11.8 Å². The number of hydrogen-bond acceptors (Lipinski definition) is 2. The molecule has 0 bridgehead atoms. The molecule has 1 unspecified atom stereocenters. The van der Waals surface area contributed by atoms with Crippen molar-refractivity contribution in [3.05, 3.63) is 75.3 Å². The lowest BCUT2D eigenvalue weighted by atomic mass is 9.88. The molecule has 0 spiro atoms. The maximum absolute atomic E-state index is 2.62. The maximum atomic E-state index is 2.62. The van der Waals surface area contributed by atoms with Crippen LogP contribution in [-0.4, -0.2) is 0 Å². The zero-order valence-electron chi connectivity index (χ0n) is 17.1. The number of benzene rings is 2. The van der Waals surface area contributed by atoms with Gasteiger partial charge in [-0.2, -0.15) is 0 Å². The van der Waals surface area contributed by atoms with Crippen LogP contribution in [0.4, 0.5) is 5.69 Å². The second kappa shape index (κ2) is 7.75. The Labute approximate surface area is 168 Å². The van der Waals surface area contributed by atoms with E-state index >= 15 is 0 Å². The number of thioether (sulfide) groups is 1. The Morgan fingerprint density at radius 2 is 1.41 bits per heavy atom. The third-order valence-electron chi connectivity index (χ3n) is 6.33. The summed E-state index contributed by atoms with van der Waals surface area (Å²) in [5, 5.41) is 0.351. The first kappa shape index (κ1) is 18.7. The minimum absolute atomic E-state index is 0.351. The van der Waals surface area contributed by atoms with E-state index < -0.39 is 0 Å². The Morgan fingerprint density at radius 1 is 0.778 bits per heavy atom. The molecule has 1 aliphatic carbocycles. The summed E-state index contributed by atoms with van der Waals surface area (Å²) in [6.45, 7) is 9.14. The van der Waals surface area contributed by atoms with Gasteiger partial charge in [-0.1, -0.05) is 67.4 Å². The standard InChI is InChI=1S/C25H31NS/c1-17-11-8-9-16-22(17)26-20(4)24(21-14-6-5-7-15-21)27-25(26)23-18(2)12-10-13-19(23)3/h8-13,16,21,25H,5-7,14-15H2,1-4H3. The van der Waals surface area contributed by atoms with Gasteiger partial charge in [0.25, 0.3) is 0 Å². The molecule has 2 aliphatic rings. The highest BCUT2D eigenvalue weighted by Crippen LogP contribution is 2.55. The van der Waals surface area contributed by atoms with Gasteiger partial charge < -0.3 is 4.90 Å². The lowest BCUT2D eigenvalue weighted by Crippen LogP contribution is -2.23. The summed E-state index contributed by atoms with van der Waals surface area (Å²) in [4.78, 5) is 4.27. The van der Waals surface area contributed by atoms with Crippen LogP contribution in [0.25, 0.3) is 0 Å². The number of rotatable bonds is 3. The van der Waals surface area contributed by atoms with Crippen LogP contribution in [0, 0.1) is 26.7 Å². The van der Waals surface area contributed by atoms with Crippen LogP contribution in [0.3, 0.4) is 0 Å². The van der Waals surface area contributed by atoms with Crippen molar-refractivity contribution in [1.82, 2.24) is 0 Å². The minimum atomic E-state index is 0.351. The van der Waals surface area contributed by atoms with E-state index in [0.717, 1.165) is 5.92 Å². The number of hydrogen-bond donors (Lipinski definition) is 0. The summed E-state index contributed by atoms with van der Waals surface area (Å²) >= 11 is 2.12. The van der Waals surface area contributed by atoms with E-state index in [2.05, 4.69) is 86.8 Å². The molecule has 27 heavy (non-hydrogen) atoms. The number of allylic oxidation sites excluding steroid dienone is 2. The van der Waals surface area contributed by atoms with Crippen molar-refractivity contribution in [1.29, 1.82) is 0 Å². The van der Waals surface area contributed by atoms with Gasteiger partial charge in [0, 0.05) is 16.3 Å². The van der Waals surface area contributed by atoms with Gasteiger partial charge in [0.05, 0.1) is 0 Å². The molecule has 1 aliphatic heterocycles. The Bertz CT molecular complexity index is 840. The summed E-state index contributed by atoms with van der Waals surface area (Å²) in [6.07, 6.45) is 6.91. The quantitative estimate of drug-likeness (QED) is 0.539. The van der Waals surface area contributed by atoms with Gasteiger partial charge >= 0.3 is 0 Å². The summed E-state index contributed by atoms with van der Waals surface area (Å²) in [5.74, 6) is 0.754. The molecule has 1 fully saturated rings. The number of aryl methyl sites for hydroxylation is 3. The van der Waals surface area contributed by atoms with Crippen molar-refractivity contribution in [3.63, 3.8) is 0 Å². The van der Waals surface area contributed by atoms with E-state index in [-0.39, 0.29) is 0 Å². The minimum Gasteiger partial charge on any atom is -0.327 e. The van der Waals surface area contributed by atoms with Gasteiger partial charge in [-0.15, -0.1) is 0 Å². The molecule has 1 saturated carbocycles. The molecule has 0 radical (unpaired) electrons. The van der Waals surface area contributed by atoms with Gasteiger partial charge in [0.2, 0.25) is 0 Å². The highest BCUT2D eigenvalue weighted by Gasteiger charge is 2.37. The lowest BCUT2D eigenvalue weighted by Gasteiger charge is -2.31. The summed E-state index contributed by atoms with van der Waals surface area (Å²) in [5.41, 5.74) is 8.51. The van der Waals surface area contributed by atoms with Gasteiger partial charge in [-0.05, 0) is 74.8 Å². The van der Waals surface area contributed by atoms with E-state index in [1.165, 1.54) is 65.7 Å². The highest BCUT2D eigenvalue weighted by atomic mass is 32.2. The first-order chi connectivity index (χ1) is 13.1. The zero-order valence-corrected chi connectivity index (χ0v) is 17.9. The average molecular weight is 378 g/mol. The summed E-state index contributed by atoms with van der Waals surface area (Å²) in [7, 11) is 0. The average Bonchev–Trinajstić information content (AvgIpc) is 3.00. The van der Waals surface area contributed by atoms with Crippen LogP contribution in [0.15, 0.2) is 53.1 Å². The van der Waals surface area contributed by atoms with Crippen molar-refractivity contribution in [2.24, 2.45) is 5.92 Å². The van der Waals surface area contributed by atoms with Crippen LogP contribution in [0.2, 0.25) is 0 Å². The predicted molar refractivity (Wildman–Crippen MR) is 119 cm³/mol. The maximum Gasteiger partial charge on any atom is 0.110 e. The van der Waals surface area contributed by atoms with Crippen molar-refractivity contribution in [2.75, 3.05) is 4.90 Å². The van der Waals surface area contributed by atoms with Crippen LogP contribution in [0.5, 0.6) is 0 Å². The van der Waals surface area contributed by atoms with Crippen LogP contribution < -0.4 is 4.90 Å². The fraction of sp³-hybridized carbons (Fsp3) is 0.440. The third-order valence-corrected chi connectivity index (χ3v) is 7.88. The van der Waals surface area contributed by atoms with Crippen LogP contribution in [-0.2, 0) is 0 Å². The first-order valence-electron chi connectivity index (χ1n) is 10.4. The molecule has 1 heterocycles. The molecule has 1 atom stereocenters. The van der Waals surface area contributed by atoms with Crippen molar-refractivity contribution >= 4 is 17.4 Å². The van der Waals surface area contributed by atoms with Crippen molar-refractivity contribution in [3.8, 4) is 0 Å².